The van der Waals surface area contributed by atoms with Gasteiger partial charge >= 0.3 is 0 Å². The highest BCUT2D eigenvalue weighted by Gasteiger charge is 1.91. The summed E-state index contributed by atoms with van der Waals surface area (Å²) >= 11 is 0. The Morgan fingerprint density at radius 3 is 2.25 bits per heavy atom. The van der Waals surface area contributed by atoms with Gasteiger partial charge in [-0.15, -0.1) is 17.8 Å². The van der Waals surface area contributed by atoms with Crippen LogP contribution in [0.4, 0.5) is 0 Å². The van der Waals surface area contributed by atoms with Gasteiger partial charge in [0.1, 0.15) is 0 Å². The van der Waals surface area contributed by atoms with Crippen molar-refractivity contribution in [1.29, 1.82) is 0 Å². The molecule has 1 radical (unpaired) electrons. The van der Waals surface area contributed by atoms with Crippen LogP contribution in [0, 0.1) is 42.4 Å². The van der Waals surface area contributed by atoms with Crippen LogP contribution in [0.5, 0.6) is 0 Å². The molecule has 0 spiro atoms. The van der Waals surface area contributed by atoms with Crippen LogP contribution in [-0.4, -0.2) is 0 Å². The summed E-state index contributed by atoms with van der Waals surface area (Å²) in [6.07, 6.45) is 1.58. The van der Waals surface area contributed by atoms with Gasteiger partial charge in [0.05, 0.1) is 0 Å². The van der Waals surface area contributed by atoms with E-state index in [0.29, 0.717) is 18.3 Å². The highest BCUT2D eigenvalue weighted by Crippen LogP contribution is 1.98. The van der Waals surface area contributed by atoms with Crippen LogP contribution in [0.15, 0.2) is 0 Å². The second kappa shape index (κ2) is 6.81. The van der Waals surface area contributed by atoms with Gasteiger partial charge in [-0.2, -0.15) is 0 Å². The largest absolute Gasteiger partial charge is 0.103 e. The van der Waals surface area contributed by atoms with E-state index in [9.17, 15) is 0 Å². The van der Waals surface area contributed by atoms with E-state index in [-0.39, 0.29) is 0 Å². The molecule has 0 aromatic carbocycles. The molecular formula is C12H17. The van der Waals surface area contributed by atoms with E-state index >= 15 is 0 Å². The van der Waals surface area contributed by atoms with E-state index in [2.05, 4.69) is 51.4 Å². The van der Waals surface area contributed by atoms with Gasteiger partial charge < -0.3 is 0 Å². The first kappa shape index (κ1) is 11.1. The Morgan fingerprint density at radius 2 is 1.75 bits per heavy atom. The number of hydrogen-bond acceptors (Lipinski definition) is 0. The van der Waals surface area contributed by atoms with Crippen LogP contribution in [0.3, 0.4) is 0 Å². The molecule has 1 unspecified atom stereocenters. The summed E-state index contributed by atoms with van der Waals surface area (Å²) in [4.78, 5) is 0. The van der Waals surface area contributed by atoms with Crippen molar-refractivity contribution in [3.05, 3.63) is 6.92 Å². The molecule has 0 nitrogen and oxygen atoms in total. The van der Waals surface area contributed by atoms with Gasteiger partial charge in [-0.3, -0.25) is 0 Å². The second-order valence-electron chi connectivity index (χ2n) is 3.15. The maximum absolute atomic E-state index is 3.66. The first-order chi connectivity index (χ1) is 5.66. The average Bonchev–Trinajstić information content (AvgIpc) is 2.00. The van der Waals surface area contributed by atoms with Crippen LogP contribution < -0.4 is 0 Å². The molecule has 0 heteroatoms. The number of rotatable bonds is 1. The molecule has 12 heavy (non-hydrogen) atoms. The Kier molecular flexibility index (Phi) is 6.31. The van der Waals surface area contributed by atoms with E-state index in [1.165, 1.54) is 0 Å². The molecule has 1 atom stereocenters. The Hall–Kier alpha value is -0.880. The minimum atomic E-state index is 0.387. The zero-order valence-electron chi connectivity index (χ0n) is 8.28. The quantitative estimate of drug-likeness (QED) is 0.519. The highest BCUT2D eigenvalue weighted by atomic mass is 13.9. The van der Waals surface area contributed by atoms with E-state index in [1.807, 2.05) is 0 Å². The molecular weight excluding hydrogens is 144 g/mol. The third kappa shape index (κ3) is 7.23. The fourth-order valence-corrected chi connectivity index (χ4v) is 0.714. The molecule has 0 aromatic rings. The minimum absolute atomic E-state index is 0.387. The summed E-state index contributed by atoms with van der Waals surface area (Å²) in [5.41, 5.74) is 0. The topological polar surface area (TPSA) is 0 Å². The molecule has 0 aliphatic carbocycles. The summed E-state index contributed by atoms with van der Waals surface area (Å²) in [6, 6.07) is 0. The number of hydrogen-bond donors (Lipinski definition) is 0. The van der Waals surface area contributed by atoms with Crippen LogP contribution in [-0.2, 0) is 0 Å². The van der Waals surface area contributed by atoms with Gasteiger partial charge in [-0.25, -0.2) is 0 Å². The predicted molar refractivity (Wildman–Crippen MR) is 54.1 cm³/mol. The standard InChI is InChI=1S/C12H17/c1-5-6-9-12(4)10-7-8-11(2)3/h11-12H,1,5,10H2,2-4H3. The van der Waals surface area contributed by atoms with Crippen molar-refractivity contribution >= 4 is 0 Å². The summed E-state index contributed by atoms with van der Waals surface area (Å²) in [6.45, 7) is 9.94. The highest BCUT2D eigenvalue weighted by molar-refractivity contribution is 5.09. The van der Waals surface area contributed by atoms with E-state index in [1.54, 1.807) is 0 Å². The van der Waals surface area contributed by atoms with Crippen LogP contribution in [0.2, 0.25) is 0 Å². The molecule has 0 rings (SSSR count). The summed E-state index contributed by atoms with van der Waals surface area (Å²) in [5, 5.41) is 0. The van der Waals surface area contributed by atoms with Crippen molar-refractivity contribution in [2.45, 2.75) is 33.6 Å². The molecule has 0 saturated carbocycles. The van der Waals surface area contributed by atoms with Crippen molar-refractivity contribution < 1.29 is 0 Å². The van der Waals surface area contributed by atoms with Gasteiger partial charge in [0, 0.05) is 24.7 Å². The first-order valence-corrected chi connectivity index (χ1v) is 4.42. The molecule has 0 aromatic heterocycles. The SMILES string of the molecule is [CH2]CC#CC(C)CC#CC(C)C. The Morgan fingerprint density at radius 1 is 1.08 bits per heavy atom. The lowest BCUT2D eigenvalue weighted by atomic mass is 10.1. The molecule has 0 saturated heterocycles. The molecule has 0 aliphatic heterocycles. The Labute approximate surface area is 76.8 Å². The van der Waals surface area contributed by atoms with Crippen molar-refractivity contribution in [1.82, 2.24) is 0 Å². The maximum atomic E-state index is 3.66. The third-order valence-electron chi connectivity index (χ3n) is 1.27. The summed E-state index contributed by atoms with van der Waals surface area (Å²) < 4.78 is 0. The minimum Gasteiger partial charge on any atom is -0.103 e. The van der Waals surface area contributed by atoms with Crippen molar-refractivity contribution in [2.24, 2.45) is 11.8 Å². The molecule has 0 fully saturated rings. The van der Waals surface area contributed by atoms with Gasteiger partial charge in [0.25, 0.3) is 0 Å². The smallest absolute Gasteiger partial charge is 0.0283 e. The van der Waals surface area contributed by atoms with Crippen LogP contribution >= 0.6 is 0 Å². The van der Waals surface area contributed by atoms with Crippen molar-refractivity contribution in [2.75, 3.05) is 0 Å². The van der Waals surface area contributed by atoms with E-state index < -0.39 is 0 Å². The second-order valence-corrected chi connectivity index (χ2v) is 3.15. The van der Waals surface area contributed by atoms with E-state index in [4.69, 9.17) is 0 Å². The molecule has 0 heterocycles. The predicted octanol–water partition coefficient (Wildman–Crippen LogP) is 2.90. The molecule has 0 bridgehead atoms. The molecule has 0 amide bonds. The van der Waals surface area contributed by atoms with Gasteiger partial charge in [-0.05, 0) is 6.92 Å². The lowest BCUT2D eigenvalue weighted by molar-refractivity contribution is 0.782. The van der Waals surface area contributed by atoms with E-state index in [0.717, 1.165) is 6.42 Å². The van der Waals surface area contributed by atoms with Crippen molar-refractivity contribution in [3.8, 4) is 23.7 Å². The lowest BCUT2D eigenvalue weighted by Crippen LogP contribution is -1.87. The van der Waals surface area contributed by atoms with Crippen LogP contribution in [0.1, 0.15) is 33.6 Å². The van der Waals surface area contributed by atoms with Crippen LogP contribution in [0.25, 0.3) is 0 Å². The molecule has 65 valence electrons. The summed E-state index contributed by atoms with van der Waals surface area (Å²) in [5.74, 6) is 13.1. The lowest BCUT2D eigenvalue weighted by Gasteiger charge is -1.94. The molecule has 0 N–H and O–H groups in total. The van der Waals surface area contributed by atoms with Crippen molar-refractivity contribution in [3.63, 3.8) is 0 Å². The zero-order chi connectivity index (χ0) is 9.40. The zero-order valence-corrected chi connectivity index (χ0v) is 8.28. The molecule has 0 aliphatic rings. The first-order valence-electron chi connectivity index (χ1n) is 4.42. The fraction of sp³-hybridized carbons (Fsp3) is 0.583. The normalized spacial score (nSPS) is 11.1. The van der Waals surface area contributed by atoms with Gasteiger partial charge in [0.15, 0.2) is 0 Å². The third-order valence-corrected chi connectivity index (χ3v) is 1.27. The Bertz CT molecular complexity index is 214. The maximum Gasteiger partial charge on any atom is 0.0283 e. The monoisotopic (exact) mass is 161 g/mol. The fourth-order valence-electron chi connectivity index (χ4n) is 0.714. The van der Waals surface area contributed by atoms with Gasteiger partial charge in [0.2, 0.25) is 0 Å². The Balaban J connectivity index is 3.73. The summed E-state index contributed by atoms with van der Waals surface area (Å²) in [7, 11) is 0. The average molecular weight is 161 g/mol. The van der Waals surface area contributed by atoms with Gasteiger partial charge in [-0.1, -0.05) is 26.7 Å².